The monoisotopic (exact) mass is 319 g/mol. The van der Waals surface area contributed by atoms with E-state index in [4.69, 9.17) is 21.4 Å². The first-order valence-corrected chi connectivity index (χ1v) is 7.32. The maximum absolute atomic E-state index is 10.6. The van der Waals surface area contributed by atoms with Gasteiger partial charge in [-0.25, -0.2) is 0 Å². The van der Waals surface area contributed by atoms with Crippen molar-refractivity contribution in [3.8, 4) is 5.75 Å². The maximum atomic E-state index is 10.6. The van der Waals surface area contributed by atoms with Gasteiger partial charge in [-0.1, -0.05) is 35.9 Å². The van der Waals surface area contributed by atoms with Crippen molar-refractivity contribution in [2.45, 2.75) is 20.1 Å². The second-order valence-electron chi connectivity index (χ2n) is 4.96. The van der Waals surface area contributed by atoms with Gasteiger partial charge in [-0.3, -0.25) is 4.79 Å². The number of hydrogen-bond donors (Lipinski definition) is 2. The Bertz CT molecular complexity index is 658. The molecule has 22 heavy (non-hydrogen) atoms. The van der Waals surface area contributed by atoms with E-state index in [-0.39, 0.29) is 6.54 Å². The molecule has 0 radical (unpaired) electrons. The van der Waals surface area contributed by atoms with Gasteiger partial charge < -0.3 is 15.2 Å². The normalized spacial score (nSPS) is 10.5. The first-order valence-electron chi connectivity index (χ1n) is 6.94. The predicted octanol–water partition coefficient (Wildman–Crippen LogP) is 3.40. The van der Waals surface area contributed by atoms with Crippen LogP contribution in [0, 0.1) is 6.92 Å². The van der Waals surface area contributed by atoms with E-state index >= 15 is 0 Å². The minimum absolute atomic E-state index is 0.107. The van der Waals surface area contributed by atoms with Crippen molar-refractivity contribution < 1.29 is 14.6 Å². The van der Waals surface area contributed by atoms with E-state index in [1.807, 2.05) is 31.2 Å². The third-order valence-corrected chi connectivity index (χ3v) is 3.49. The maximum Gasteiger partial charge on any atom is 0.317 e. The van der Waals surface area contributed by atoms with E-state index in [2.05, 4.69) is 5.32 Å². The number of carbonyl (C=O) groups is 1. The number of ether oxygens (including phenoxy) is 1. The molecule has 0 saturated carbocycles. The third-order valence-electron chi connectivity index (χ3n) is 3.26. The van der Waals surface area contributed by atoms with Crippen molar-refractivity contribution in [1.29, 1.82) is 0 Å². The van der Waals surface area contributed by atoms with Gasteiger partial charge in [-0.2, -0.15) is 0 Å². The Kier molecular flexibility index (Phi) is 5.81. The number of aryl methyl sites for hydroxylation is 1. The molecular weight excluding hydrogens is 302 g/mol. The van der Waals surface area contributed by atoms with Crippen LogP contribution in [0.4, 0.5) is 0 Å². The fourth-order valence-electron chi connectivity index (χ4n) is 2.06. The highest BCUT2D eigenvalue weighted by atomic mass is 35.5. The lowest BCUT2D eigenvalue weighted by Gasteiger charge is -2.13. The van der Waals surface area contributed by atoms with Crippen molar-refractivity contribution in [2.75, 3.05) is 6.54 Å². The van der Waals surface area contributed by atoms with Gasteiger partial charge in [-0.15, -0.1) is 0 Å². The van der Waals surface area contributed by atoms with Crippen LogP contribution in [0.15, 0.2) is 42.5 Å². The molecule has 0 aliphatic carbocycles. The highest BCUT2D eigenvalue weighted by Gasteiger charge is 2.07. The molecule has 0 aliphatic heterocycles. The van der Waals surface area contributed by atoms with E-state index in [9.17, 15) is 4.79 Å². The summed E-state index contributed by atoms with van der Waals surface area (Å²) in [4.78, 5) is 10.6. The molecule has 0 unspecified atom stereocenters. The van der Waals surface area contributed by atoms with Crippen LogP contribution < -0.4 is 10.1 Å². The lowest BCUT2D eigenvalue weighted by molar-refractivity contribution is -0.136. The number of carboxylic acids is 1. The number of benzene rings is 2. The van der Waals surface area contributed by atoms with Crippen molar-refractivity contribution in [1.82, 2.24) is 5.32 Å². The Labute approximate surface area is 134 Å². The summed E-state index contributed by atoms with van der Waals surface area (Å²) in [6.07, 6.45) is 0. The van der Waals surface area contributed by atoms with Gasteiger partial charge in [0.25, 0.3) is 0 Å². The van der Waals surface area contributed by atoms with Gasteiger partial charge in [0.2, 0.25) is 0 Å². The standard InChI is InChI=1S/C17H18ClNO3/c1-12-4-2-3-5-13(12)11-22-16-7-6-15(18)8-14(16)9-19-10-17(20)21/h2-8,19H,9-11H2,1H3,(H,20,21). The zero-order valence-corrected chi connectivity index (χ0v) is 13.1. The number of rotatable bonds is 7. The Morgan fingerprint density at radius 3 is 2.73 bits per heavy atom. The number of carboxylic acid groups (broad SMARTS) is 1. The SMILES string of the molecule is Cc1ccccc1COc1ccc(Cl)cc1CNCC(=O)O. The highest BCUT2D eigenvalue weighted by Crippen LogP contribution is 2.24. The second kappa shape index (κ2) is 7.82. The minimum atomic E-state index is -0.899. The predicted molar refractivity (Wildman–Crippen MR) is 86.3 cm³/mol. The molecule has 2 aromatic rings. The molecule has 116 valence electrons. The third kappa shape index (κ3) is 4.76. The van der Waals surface area contributed by atoms with Gasteiger partial charge in [0.05, 0.1) is 6.54 Å². The van der Waals surface area contributed by atoms with Crippen LogP contribution in [-0.2, 0) is 17.9 Å². The van der Waals surface area contributed by atoms with Crippen LogP contribution in [0.1, 0.15) is 16.7 Å². The molecule has 0 fully saturated rings. The average Bonchev–Trinajstić information content (AvgIpc) is 2.47. The van der Waals surface area contributed by atoms with Crippen LogP contribution in [0.25, 0.3) is 0 Å². The lowest BCUT2D eigenvalue weighted by Crippen LogP contribution is -2.22. The smallest absolute Gasteiger partial charge is 0.317 e. The Morgan fingerprint density at radius 1 is 1.23 bits per heavy atom. The van der Waals surface area contributed by atoms with E-state index in [1.165, 1.54) is 5.56 Å². The number of halogens is 1. The molecule has 0 amide bonds. The molecule has 0 bridgehead atoms. The fraction of sp³-hybridized carbons (Fsp3) is 0.235. The number of nitrogens with one attached hydrogen (secondary N) is 1. The summed E-state index contributed by atoms with van der Waals surface area (Å²) in [6.45, 7) is 2.77. The van der Waals surface area contributed by atoms with Crippen LogP contribution in [-0.4, -0.2) is 17.6 Å². The fourth-order valence-corrected chi connectivity index (χ4v) is 2.25. The molecule has 0 aromatic heterocycles. The van der Waals surface area contributed by atoms with E-state index in [0.29, 0.717) is 23.9 Å². The van der Waals surface area contributed by atoms with E-state index in [1.54, 1.807) is 18.2 Å². The Balaban J connectivity index is 2.06. The van der Waals surface area contributed by atoms with Gasteiger partial charge in [-0.05, 0) is 36.2 Å². The first kappa shape index (κ1) is 16.3. The average molecular weight is 320 g/mol. The molecule has 0 heterocycles. The summed E-state index contributed by atoms with van der Waals surface area (Å²) in [5, 5.41) is 12.1. The van der Waals surface area contributed by atoms with Gasteiger partial charge in [0.1, 0.15) is 12.4 Å². The van der Waals surface area contributed by atoms with Crippen molar-refractivity contribution in [3.05, 3.63) is 64.2 Å². The molecule has 0 spiro atoms. The Hall–Kier alpha value is -2.04. The summed E-state index contributed by atoms with van der Waals surface area (Å²) < 4.78 is 5.87. The summed E-state index contributed by atoms with van der Waals surface area (Å²) in [7, 11) is 0. The largest absolute Gasteiger partial charge is 0.489 e. The van der Waals surface area contributed by atoms with Crippen LogP contribution >= 0.6 is 11.6 Å². The zero-order valence-electron chi connectivity index (χ0n) is 12.3. The van der Waals surface area contributed by atoms with Crippen LogP contribution in [0.2, 0.25) is 5.02 Å². The quantitative estimate of drug-likeness (QED) is 0.821. The molecule has 2 N–H and O–H groups in total. The van der Waals surface area contributed by atoms with Crippen LogP contribution in [0.5, 0.6) is 5.75 Å². The van der Waals surface area contributed by atoms with E-state index in [0.717, 1.165) is 11.1 Å². The van der Waals surface area contributed by atoms with Crippen molar-refractivity contribution in [3.63, 3.8) is 0 Å². The number of aliphatic carboxylic acids is 1. The number of hydrogen-bond acceptors (Lipinski definition) is 3. The first-order chi connectivity index (χ1) is 10.6. The molecule has 4 nitrogen and oxygen atoms in total. The van der Waals surface area contributed by atoms with Gasteiger partial charge >= 0.3 is 5.97 Å². The molecule has 2 rings (SSSR count). The second-order valence-corrected chi connectivity index (χ2v) is 5.40. The molecule has 0 saturated heterocycles. The summed E-state index contributed by atoms with van der Waals surface area (Å²) in [5.41, 5.74) is 3.12. The van der Waals surface area contributed by atoms with E-state index < -0.39 is 5.97 Å². The summed E-state index contributed by atoms with van der Waals surface area (Å²) in [5.74, 6) is -0.199. The topological polar surface area (TPSA) is 58.6 Å². The lowest BCUT2D eigenvalue weighted by atomic mass is 10.1. The highest BCUT2D eigenvalue weighted by molar-refractivity contribution is 6.30. The summed E-state index contributed by atoms with van der Waals surface area (Å²) in [6, 6.07) is 13.4. The van der Waals surface area contributed by atoms with Gasteiger partial charge in [0, 0.05) is 17.1 Å². The van der Waals surface area contributed by atoms with Crippen molar-refractivity contribution >= 4 is 17.6 Å². The van der Waals surface area contributed by atoms with Crippen molar-refractivity contribution in [2.24, 2.45) is 0 Å². The van der Waals surface area contributed by atoms with Crippen LogP contribution in [0.3, 0.4) is 0 Å². The molecule has 5 heteroatoms. The zero-order chi connectivity index (χ0) is 15.9. The molecule has 0 aliphatic rings. The van der Waals surface area contributed by atoms with Gasteiger partial charge in [0.15, 0.2) is 0 Å². The molecular formula is C17H18ClNO3. The summed E-state index contributed by atoms with van der Waals surface area (Å²) >= 11 is 6.00. The Morgan fingerprint density at radius 2 is 2.00 bits per heavy atom. The molecule has 0 atom stereocenters. The minimum Gasteiger partial charge on any atom is -0.489 e. The molecule has 2 aromatic carbocycles.